The summed E-state index contributed by atoms with van der Waals surface area (Å²) in [5.74, 6) is -0.808. The predicted molar refractivity (Wildman–Crippen MR) is 353 cm³/mol. The second-order valence-electron chi connectivity index (χ2n) is 25.6. The Morgan fingerprint density at radius 2 is 1.73 bits per heavy atom. The quantitative estimate of drug-likeness (QED) is 0.0415. The minimum Gasteiger partial charge on any atom is -0.486 e. The van der Waals surface area contributed by atoms with Crippen LogP contribution in [0.1, 0.15) is 124 Å². The van der Waals surface area contributed by atoms with E-state index in [4.69, 9.17) is 38.8 Å². The van der Waals surface area contributed by atoms with Crippen molar-refractivity contribution in [1.29, 1.82) is 0 Å². The number of carbonyl (C=O) groups is 3. The van der Waals surface area contributed by atoms with Crippen LogP contribution in [0.3, 0.4) is 0 Å². The van der Waals surface area contributed by atoms with Gasteiger partial charge in [-0.25, -0.2) is 23.5 Å². The number of aliphatic hydroxyl groups excluding tert-OH is 2. The van der Waals surface area contributed by atoms with Gasteiger partial charge in [0.15, 0.2) is 12.0 Å². The molecule has 0 radical (unpaired) electrons. The molecule has 12 rings (SSSR count). The van der Waals surface area contributed by atoms with Crippen molar-refractivity contribution in [3.8, 4) is 50.5 Å². The summed E-state index contributed by atoms with van der Waals surface area (Å²) < 4.78 is 52.4. The standard InChI is InChI=1S/C69H84FN13O10S/c1-9-39(2)62(67(87)81-32-48(85)28-57(81)65(86)74-55(35-84)46-19-21-47(22-20-46)64-42(5)72-38-94-64)82-34-54(77-78-82)45-15-13-43(14-16-45)37-91-63-60(59-41(4)53(70)30-56-52(59)31-73-83(56)58-12-10-11-27-90-58)50(44-17-18-44)29-51-61(63)75-68(92-36-40(3)89-8)76-66(51)93-49-23-25-80(33-49)69(88)71-24-26-79(6)7/h13-16,19-22,29-31,34,38-40,44,48-49,55,57-58,62,84-85H,9-12,17-18,23-28,32-33,35-37H2,1-8H3,(H,71,88)(H,74,86)/t39-,40-,48+,49-,55-,57-,58?,62-/m0/s1. The number of β-amino-alcohol motifs (C(OH)–C–C–N with tert-alkyl or cyclic N) is 1. The van der Waals surface area contributed by atoms with Crippen LogP contribution in [0.25, 0.3) is 54.6 Å². The van der Waals surface area contributed by atoms with Crippen LogP contribution in [0.5, 0.6) is 17.6 Å². The fourth-order valence-electron chi connectivity index (χ4n) is 12.9. The molecule has 1 aliphatic carbocycles. The Labute approximate surface area is 549 Å². The van der Waals surface area contributed by atoms with Gasteiger partial charge in [0.1, 0.15) is 48.4 Å². The molecule has 7 heterocycles. The molecule has 1 unspecified atom stereocenters. The molecular formula is C69H84FN13O10S. The van der Waals surface area contributed by atoms with Crippen molar-refractivity contribution in [2.24, 2.45) is 5.92 Å². The molecule has 0 bridgehead atoms. The van der Waals surface area contributed by atoms with E-state index in [0.717, 1.165) is 64.8 Å². The van der Waals surface area contributed by atoms with Gasteiger partial charge >= 0.3 is 12.0 Å². The Balaban J connectivity index is 0.852. The number of aryl methyl sites for hydroxylation is 1. The highest BCUT2D eigenvalue weighted by Crippen LogP contribution is 2.54. The van der Waals surface area contributed by atoms with Crippen LogP contribution in [0.15, 0.2) is 78.6 Å². The lowest BCUT2D eigenvalue weighted by Gasteiger charge is -2.31. The van der Waals surface area contributed by atoms with Gasteiger partial charge in [-0.1, -0.05) is 74.0 Å². The number of likely N-dealkylation sites (N-methyl/N-ethyl adjacent to an activating group) is 1. The number of methoxy groups -OCH3 is 1. The van der Waals surface area contributed by atoms with E-state index < -0.39 is 42.1 Å². The van der Waals surface area contributed by atoms with Gasteiger partial charge in [0.05, 0.1) is 70.8 Å². The van der Waals surface area contributed by atoms with Crippen LogP contribution in [-0.2, 0) is 25.7 Å². The highest BCUT2D eigenvalue weighted by Gasteiger charge is 2.44. The average Bonchev–Trinajstić information content (AvgIpc) is 1.37. The van der Waals surface area contributed by atoms with Gasteiger partial charge in [-0.05, 0) is 113 Å². The fraction of sp³-hybridized carbons (Fsp3) is 0.493. The predicted octanol–water partition coefficient (Wildman–Crippen LogP) is 9.48. The molecule has 8 aromatic rings. The maximum Gasteiger partial charge on any atom is 0.320 e. The summed E-state index contributed by atoms with van der Waals surface area (Å²) in [5.41, 5.74) is 9.98. The summed E-state index contributed by atoms with van der Waals surface area (Å²) in [6.45, 7) is 11.8. The number of carbonyl (C=O) groups excluding carboxylic acids is 3. The van der Waals surface area contributed by atoms with E-state index in [1.807, 2.05) is 95.2 Å². The largest absolute Gasteiger partial charge is 0.486 e. The van der Waals surface area contributed by atoms with Gasteiger partial charge < -0.3 is 59.2 Å². The summed E-state index contributed by atoms with van der Waals surface area (Å²) in [7, 11) is 5.52. The highest BCUT2D eigenvalue weighted by atomic mass is 32.1. The number of thiazole rings is 1. The van der Waals surface area contributed by atoms with E-state index in [-0.39, 0.29) is 80.8 Å². The molecule has 3 aliphatic heterocycles. The fourth-order valence-corrected chi connectivity index (χ4v) is 13.7. The van der Waals surface area contributed by atoms with E-state index in [1.54, 1.807) is 52.3 Å². The van der Waals surface area contributed by atoms with Crippen molar-refractivity contribution in [2.75, 3.05) is 73.7 Å². The van der Waals surface area contributed by atoms with E-state index in [9.17, 15) is 24.6 Å². The number of benzene rings is 4. The summed E-state index contributed by atoms with van der Waals surface area (Å²) in [6.07, 6.45) is 7.07. The minimum atomic E-state index is -1.00. The lowest BCUT2D eigenvalue weighted by molar-refractivity contribution is -0.143. The number of aliphatic hydroxyl groups is 2. The molecule has 94 heavy (non-hydrogen) atoms. The zero-order valence-corrected chi connectivity index (χ0v) is 55.4. The summed E-state index contributed by atoms with van der Waals surface area (Å²) >= 11 is 1.54. The van der Waals surface area contributed by atoms with Crippen molar-refractivity contribution in [2.45, 2.75) is 141 Å². The summed E-state index contributed by atoms with van der Waals surface area (Å²) in [5, 5.41) is 42.8. The first-order chi connectivity index (χ1) is 45.5. The summed E-state index contributed by atoms with van der Waals surface area (Å²) in [6, 6.07) is 16.1. The SMILES string of the molecule is CC[C@H](C)[C@@H](C(=O)N1C[C@H](O)C[C@H]1C(=O)N[C@@H](CO)c1ccc(-c2scnc2C)cc1)n1cc(-c2ccc(COc3c(-c4c(C)c(F)cc5c4cnn5C4CCCCO4)c(C4CC4)cc4c(O[C@H]5CCN(C(=O)NCCN(C)C)C5)nc(OC[C@H](C)OC)nc34)cc2)nn1. The van der Waals surface area contributed by atoms with Crippen LogP contribution < -0.4 is 24.8 Å². The maximum absolute atomic E-state index is 16.9. The average molecular weight is 1310 g/mol. The molecule has 4 aliphatic rings. The number of rotatable bonds is 25. The van der Waals surface area contributed by atoms with Gasteiger partial charge in [0.25, 0.3) is 0 Å². The molecule has 1 saturated carbocycles. The Morgan fingerprint density at radius 3 is 2.44 bits per heavy atom. The number of fused-ring (bicyclic) bond motifs is 2. The Hall–Kier alpha value is -8.20. The third-order valence-corrected chi connectivity index (χ3v) is 19.6. The number of urea groups is 1. The second-order valence-corrected chi connectivity index (χ2v) is 26.5. The van der Waals surface area contributed by atoms with Gasteiger partial charge in [-0.3, -0.25) is 9.59 Å². The van der Waals surface area contributed by atoms with E-state index in [1.165, 1.54) is 16.2 Å². The van der Waals surface area contributed by atoms with Crippen molar-refractivity contribution in [3.63, 3.8) is 0 Å². The molecule has 4 amide bonds. The molecule has 3 saturated heterocycles. The Kier molecular flexibility index (Phi) is 20.2. The smallest absolute Gasteiger partial charge is 0.320 e. The third kappa shape index (κ3) is 14.1. The van der Waals surface area contributed by atoms with Crippen LogP contribution in [-0.4, -0.2) is 181 Å². The molecule has 4 fully saturated rings. The third-order valence-electron chi connectivity index (χ3n) is 18.7. The second kappa shape index (κ2) is 28.8. The minimum absolute atomic E-state index is 0.0199. The number of ether oxygens (including phenoxy) is 5. The van der Waals surface area contributed by atoms with Crippen LogP contribution in [0.2, 0.25) is 0 Å². The normalized spacial score (nSPS) is 19.6. The number of hydrogen-bond acceptors (Lipinski definition) is 18. The highest BCUT2D eigenvalue weighted by molar-refractivity contribution is 7.13. The van der Waals surface area contributed by atoms with Crippen LogP contribution in [0.4, 0.5) is 9.18 Å². The lowest BCUT2D eigenvalue weighted by atomic mass is 9.88. The topological polar surface area (TPSA) is 259 Å². The molecule has 23 nitrogen and oxygen atoms in total. The first kappa shape index (κ1) is 65.8. The van der Waals surface area contributed by atoms with Crippen molar-refractivity contribution >= 4 is 51.0 Å². The van der Waals surface area contributed by atoms with Crippen LogP contribution in [0, 0.1) is 25.6 Å². The monoisotopic (exact) mass is 1310 g/mol. The molecule has 8 atom stereocenters. The molecule has 0 spiro atoms. The number of hydrogen-bond donors (Lipinski definition) is 4. The molecule has 4 N–H and O–H groups in total. The van der Waals surface area contributed by atoms with E-state index >= 15 is 4.39 Å². The number of nitrogens with one attached hydrogen (secondary N) is 2. The number of halogens is 1. The first-order valence-electron chi connectivity index (χ1n) is 32.7. The molecular weight excluding hydrogens is 1220 g/mol. The molecule has 498 valence electrons. The number of aromatic nitrogens is 8. The number of nitrogens with zero attached hydrogens (tertiary/aromatic N) is 11. The Morgan fingerprint density at radius 1 is 0.947 bits per heavy atom. The van der Waals surface area contributed by atoms with Gasteiger partial charge in [0.2, 0.25) is 17.7 Å². The van der Waals surface area contributed by atoms with Crippen LogP contribution >= 0.6 is 11.3 Å². The molecule has 4 aromatic carbocycles. The first-order valence-corrected chi connectivity index (χ1v) is 33.6. The van der Waals surface area contributed by atoms with Gasteiger partial charge in [0, 0.05) is 80.9 Å². The van der Waals surface area contributed by atoms with Gasteiger partial charge in [-0.15, -0.1) is 16.4 Å². The summed E-state index contributed by atoms with van der Waals surface area (Å²) in [4.78, 5) is 63.0. The van der Waals surface area contributed by atoms with Crippen molar-refractivity contribution in [3.05, 3.63) is 112 Å². The zero-order chi connectivity index (χ0) is 65.9. The van der Waals surface area contributed by atoms with E-state index in [2.05, 4.69) is 32.0 Å². The van der Waals surface area contributed by atoms with Crippen molar-refractivity contribution in [1.82, 2.24) is 65.1 Å². The number of amides is 4. The van der Waals surface area contributed by atoms with E-state index in [0.29, 0.717) is 101 Å². The van der Waals surface area contributed by atoms with Crippen molar-refractivity contribution < 1.29 is 52.7 Å². The maximum atomic E-state index is 16.9. The van der Waals surface area contributed by atoms with Gasteiger partial charge in [-0.2, -0.15) is 15.1 Å². The lowest BCUT2D eigenvalue weighted by Crippen LogP contribution is -2.50. The molecule has 25 heteroatoms. The zero-order valence-electron chi connectivity index (χ0n) is 54.6. The number of likely N-dealkylation sites (tertiary alicyclic amines) is 2. The molecule has 4 aromatic heterocycles. The Bertz CT molecular complexity index is 4000.